The minimum atomic E-state index is -2.13. The smallest absolute Gasteiger partial charge is 0.341 e. The highest BCUT2D eigenvalue weighted by Crippen LogP contribution is 2.28. The highest BCUT2D eigenvalue weighted by atomic mass is 28.3. The Morgan fingerprint density at radius 1 is 1.17 bits per heavy atom. The number of hydrogen-bond acceptors (Lipinski definition) is 5. The van der Waals surface area contributed by atoms with Crippen molar-refractivity contribution >= 4 is 41.2 Å². The van der Waals surface area contributed by atoms with Gasteiger partial charge in [-0.2, -0.15) is 0 Å². The number of para-hydroxylation sites is 1. The largest absolute Gasteiger partial charge is 0.507 e. The van der Waals surface area contributed by atoms with Crippen molar-refractivity contribution in [2.24, 2.45) is 0 Å². The second kappa shape index (κ2) is 5.49. The zero-order valence-electron chi connectivity index (χ0n) is 14.0. The molecule has 0 aliphatic heterocycles. The Hall–Kier alpha value is -2.60. The van der Waals surface area contributed by atoms with E-state index >= 15 is 0 Å². The Balaban J connectivity index is 2.60. The summed E-state index contributed by atoms with van der Waals surface area (Å²) < 4.78 is 10.7. The Morgan fingerprint density at radius 2 is 1.83 bits per heavy atom. The molecule has 0 saturated carbocycles. The van der Waals surface area contributed by atoms with Crippen LogP contribution in [-0.2, 0) is 4.74 Å². The predicted molar refractivity (Wildman–Crippen MR) is 96.0 cm³/mol. The van der Waals surface area contributed by atoms with Crippen LogP contribution in [-0.4, -0.2) is 26.3 Å². The van der Waals surface area contributed by atoms with E-state index in [1.807, 2.05) is 19.6 Å². The number of ether oxygens (including phenoxy) is 1. The van der Waals surface area contributed by atoms with Crippen LogP contribution < -0.4 is 10.6 Å². The maximum atomic E-state index is 12.9. The number of esters is 1. The summed E-state index contributed by atoms with van der Waals surface area (Å²) in [5.41, 5.74) is 0.573. The molecule has 0 fully saturated rings. The molecule has 24 heavy (non-hydrogen) atoms. The summed E-state index contributed by atoms with van der Waals surface area (Å²) in [5.74, 6) is -0.839. The van der Waals surface area contributed by atoms with E-state index in [0.717, 1.165) is 0 Å². The number of fused-ring (bicyclic) bond motifs is 2. The fourth-order valence-electron chi connectivity index (χ4n) is 2.89. The summed E-state index contributed by atoms with van der Waals surface area (Å²) in [6.45, 7) is 6.03. The lowest BCUT2D eigenvalue weighted by molar-refractivity contribution is 0.0598. The molecule has 3 rings (SSSR count). The first-order valence-corrected chi connectivity index (χ1v) is 11.1. The lowest BCUT2D eigenvalue weighted by Crippen LogP contribution is -2.39. The van der Waals surface area contributed by atoms with Crippen LogP contribution in [0.5, 0.6) is 5.75 Å². The SMILES string of the molecule is COC(=O)c1cc2c(=O)c3ccccc3oc2c([Si](C)(C)C)c1O. The second-order valence-electron chi connectivity index (χ2n) is 6.69. The van der Waals surface area contributed by atoms with Gasteiger partial charge in [-0.25, -0.2) is 4.79 Å². The summed E-state index contributed by atoms with van der Waals surface area (Å²) in [4.78, 5) is 24.9. The molecule has 0 aliphatic rings. The normalized spacial score (nSPS) is 11.8. The van der Waals surface area contributed by atoms with Crippen molar-refractivity contribution in [3.8, 4) is 5.75 Å². The van der Waals surface area contributed by atoms with Crippen molar-refractivity contribution in [1.82, 2.24) is 0 Å². The molecule has 0 spiro atoms. The van der Waals surface area contributed by atoms with E-state index in [0.29, 0.717) is 21.7 Å². The Bertz CT molecular complexity index is 1030. The van der Waals surface area contributed by atoms with Gasteiger partial charge in [-0.1, -0.05) is 31.8 Å². The molecule has 124 valence electrons. The van der Waals surface area contributed by atoms with Crippen LogP contribution in [0, 0.1) is 0 Å². The van der Waals surface area contributed by atoms with Gasteiger partial charge in [-0.15, -0.1) is 0 Å². The zero-order valence-corrected chi connectivity index (χ0v) is 15.0. The van der Waals surface area contributed by atoms with Gasteiger partial charge in [-0.3, -0.25) is 4.79 Å². The number of benzene rings is 2. The highest BCUT2D eigenvalue weighted by Gasteiger charge is 2.30. The maximum Gasteiger partial charge on any atom is 0.341 e. The monoisotopic (exact) mass is 342 g/mol. The van der Waals surface area contributed by atoms with Crippen LogP contribution >= 0.6 is 0 Å². The molecule has 0 amide bonds. The highest BCUT2D eigenvalue weighted by molar-refractivity contribution is 6.91. The first-order valence-electron chi connectivity index (χ1n) is 7.56. The number of aromatic hydroxyl groups is 1. The van der Waals surface area contributed by atoms with Gasteiger partial charge in [-0.05, 0) is 18.2 Å². The molecule has 1 N–H and O–H groups in total. The van der Waals surface area contributed by atoms with Crippen molar-refractivity contribution in [2.45, 2.75) is 19.6 Å². The molecule has 3 aromatic rings. The summed E-state index contributed by atoms with van der Waals surface area (Å²) in [6.07, 6.45) is 0. The van der Waals surface area contributed by atoms with Crippen molar-refractivity contribution in [3.63, 3.8) is 0 Å². The average molecular weight is 342 g/mol. The van der Waals surface area contributed by atoms with E-state index in [1.165, 1.54) is 13.2 Å². The van der Waals surface area contributed by atoms with Crippen molar-refractivity contribution in [1.29, 1.82) is 0 Å². The lowest BCUT2D eigenvalue weighted by Gasteiger charge is -2.21. The zero-order chi connectivity index (χ0) is 17.6. The third-order valence-corrected chi connectivity index (χ3v) is 5.96. The van der Waals surface area contributed by atoms with Gasteiger partial charge in [0.2, 0.25) is 5.43 Å². The van der Waals surface area contributed by atoms with E-state index in [-0.39, 0.29) is 22.1 Å². The number of rotatable bonds is 2. The minimum Gasteiger partial charge on any atom is -0.507 e. The summed E-state index contributed by atoms with van der Waals surface area (Å²) >= 11 is 0. The van der Waals surface area contributed by atoms with E-state index in [2.05, 4.69) is 0 Å². The first kappa shape index (κ1) is 16.3. The average Bonchev–Trinajstić information content (AvgIpc) is 2.52. The van der Waals surface area contributed by atoms with Gasteiger partial charge < -0.3 is 14.3 Å². The quantitative estimate of drug-likeness (QED) is 0.440. The van der Waals surface area contributed by atoms with Gasteiger partial charge in [0.15, 0.2) is 0 Å². The minimum absolute atomic E-state index is 0.00925. The van der Waals surface area contributed by atoms with Crippen molar-refractivity contribution < 1.29 is 19.1 Å². The number of phenolic OH excluding ortho intramolecular Hbond substituents is 1. The fourth-order valence-corrected chi connectivity index (χ4v) is 4.60. The molecule has 1 aromatic heterocycles. The number of phenols is 1. The van der Waals surface area contributed by atoms with Crippen molar-refractivity contribution in [3.05, 3.63) is 46.1 Å². The molecule has 5 nitrogen and oxygen atoms in total. The number of methoxy groups -OCH3 is 1. The van der Waals surface area contributed by atoms with E-state index in [4.69, 9.17) is 9.15 Å². The molecule has 0 saturated heterocycles. The predicted octanol–water partition coefficient (Wildman–Crippen LogP) is 2.98. The molecule has 0 bridgehead atoms. The molecule has 1 heterocycles. The summed E-state index contributed by atoms with van der Waals surface area (Å²) in [5, 5.41) is 11.9. The number of carbonyl (C=O) groups is 1. The number of hydrogen-bond donors (Lipinski definition) is 1. The van der Waals surface area contributed by atoms with Crippen LogP contribution in [0.3, 0.4) is 0 Å². The Kier molecular flexibility index (Phi) is 3.72. The molecular weight excluding hydrogens is 324 g/mol. The molecular formula is C18H18O5Si. The lowest BCUT2D eigenvalue weighted by atomic mass is 10.1. The van der Waals surface area contributed by atoms with Crippen molar-refractivity contribution in [2.75, 3.05) is 7.11 Å². The van der Waals surface area contributed by atoms with Crippen LogP contribution in [0.1, 0.15) is 10.4 Å². The van der Waals surface area contributed by atoms with Gasteiger partial charge in [0.25, 0.3) is 0 Å². The molecule has 0 aliphatic carbocycles. The molecule has 0 unspecified atom stereocenters. The molecule has 0 radical (unpaired) electrons. The third kappa shape index (κ3) is 2.39. The first-order chi connectivity index (χ1) is 11.3. The molecule has 2 aromatic carbocycles. The number of carbonyl (C=O) groups excluding carboxylic acids is 1. The van der Waals surface area contributed by atoms with Crippen LogP contribution in [0.25, 0.3) is 21.9 Å². The maximum absolute atomic E-state index is 12.9. The molecule has 0 atom stereocenters. The molecule has 6 heteroatoms. The standard InChI is InChI=1S/C18H18O5Si/c1-22-18(21)12-9-11-14(19)10-7-5-6-8-13(10)23-16(11)17(15(12)20)24(2,3)4/h5-9,20H,1-4H3. The van der Waals surface area contributed by atoms with E-state index in [1.54, 1.807) is 24.3 Å². The van der Waals surface area contributed by atoms with Gasteiger partial charge in [0.05, 0.1) is 26.0 Å². The summed E-state index contributed by atoms with van der Waals surface area (Å²) in [6, 6.07) is 8.30. The van der Waals surface area contributed by atoms with Gasteiger partial charge in [0.1, 0.15) is 22.5 Å². The van der Waals surface area contributed by atoms with E-state index < -0.39 is 14.0 Å². The van der Waals surface area contributed by atoms with Crippen LogP contribution in [0.15, 0.2) is 39.5 Å². The third-order valence-electron chi connectivity index (χ3n) is 4.00. The Morgan fingerprint density at radius 3 is 2.46 bits per heavy atom. The van der Waals surface area contributed by atoms with Crippen LogP contribution in [0.2, 0.25) is 19.6 Å². The van der Waals surface area contributed by atoms with Gasteiger partial charge >= 0.3 is 5.97 Å². The topological polar surface area (TPSA) is 76.7 Å². The Labute approximate surface area is 139 Å². The second-order valence-corrected chi connectivity index (χ2v) is 11.7. The summed E-state index contributed by atoms with van der Waals surface area (Å²) in [7, 11) is -0.894. The van der Waals surface area contributed by atoms with Crippen LogP contribution in [0.4, 0.5) is 0 Å². The fraction of sp³-hybridized carbons (Fsp3) is 0.222. The van der Waals surface area contributed by atoms with E-state index in [9.17, 15) is 14.7 Å². The van der Waals surface area contributed by atoms with Gasteiger partial charge in [0, 0.05) is 5.19 Å².